The first-order chi connectivity index (χ1) is 11.6. The molecular formula is C16H24ClN5OS. The van der Waals surface area contributed by atoms with Crippen molar-refractivity contribution in [3.05, 3.63) is 11.2 Å². The monoisotopic (exact) mass is 369 g/mol. The minimum absolute atomic E-state index is 0.171. The molecule has 2 aliphatic rings. The van der Waals surface area contributed by atoms with Crippen LogP contribution in [0.3, 0.4) is 0 Å². The highest BCUT2D eigenvalue weighted by molar-refractivity contribution is 7.99. The summed E-state index contributed by atoms with van der Waals surface area (Å²) < 4.78 is 0. The molecular weight excluding hydrogens is 346 g/mol. The van der Waals surface area contributed by atoms with E-state index < -0.39 is 0 Å². The largest absolute Gasteiger partial charge is 0.354 e. The van der Waals surface area contributed by atoms with Crippen molar-refractivity contribution in [1.82, 2.24) is 19.8 Å². The standard InChI is InChI=1S/C16H24ClN5OS/c1-20-7-9-21(10-8-20)14-11-13(17)18-16(19-14)24-12-15(23)22-5-3-2-4-6-22/h11H,2-10,12H2,1H3. The van der Waals surface area contributed by atoms with Crippen LogP contribution in [0.4, 0.5) is 5.82 Å². The van der Waals surface area contributed by atoms with Crippen molar-refractivity contribution in [3.63, 3.8) is 0 Å². The molecule has 2 saturated heterocycles. The van der Waals surface area contributed by atoms with Crippen LogP contribution in [-0.4, -0.2) is 77.7 Å². The van der Waals surface area contributed by atoms with E-state index in [0.29, 0.717) is 16.1 Å². The van der Waals surface area contributed by atoms with Gasteiger partial charge in [-0.2, -0.15) is 0 Å². The molecule has 0 aromatic carbocycles. The molecule has 0 bridgehead atoms. The molecule has 0 radical (unpaired) electrons. The second kappa shape index (κ2) is 8.36. The predicted octanol–water partition coefficient (Wildman–Crippen LogP) is 1.99. The minimum atomic E-state index is 0.171. The van der Waals surface area contributed by atoms with Crippen LogP contribution in [-0.2, 0) is 4.79 Å². The molecule has 3 heterocycles. The number of anilines is 1. The molecule has 0 unspecified atom stereocenters. The van der Waals surface area contributed by atoms with Gasteiger partial charge < -0.3 is 14.7 Å². The number of piperazine rings is 1. The highest BCUT2D eigenvalue weighted by Crippen LogP contribution is 2.23. The number of rotatable bonds is 4. The van der Waals surface area contributed by atoms with Crippen LogP contribution >= 0.6 is 23.4 Å². The maximum atomic E-state index is 12.3. The first-order valence-electron chi connectivity index (χ1n) is 8.50. The summed E-state index contributed by atoms with van der Waals surface area (Å²) in [5.41, 5.74) is 0. The number of nitrogens with zero attached hydrogens (tertiary/aromatic N) is 5. The first-order valence-corrected chi connectivity index (χ1v) is 9.87. The van der Waals surface area contributed by atoms with Gasteiger partial charge in [-0.05, 0) is 26.3 Å². The number of likely N-dealkylation sites (tertiary alicyclic amines) is 1. The Kier molecular flexibility index (Phi) is 6.19. The van der Waals surface area contributed by atoms with Gasteiger partial charge in [-0.3, -0.25) is 4.79 Å². The van der Waals surface area contributed by atoms with E-state index in [-0.39, 0.29) is 5.91 Å². The van der Waals surface area contributed by atoms with Gasteiger partial charge in [-0.25, -0.2) is 9.97 Å². The lowest BCUT2D eigenvalue weighted by molar-refractivity contribution is -0.129. The summed E-state index contributed by atoms with van der Waals surface area (Å²) in [6.07, 6.45) is 3.44. The third kappa shape index (κ3) is 4.74. The topological polar surface area (TPSA) is 52.6 Å². The quantitative estimate of drug-likeness (QED) is 0.459. The lowest BCUT2D eigenvalue weighted by Crippen LogP contribution is -2.44. The smallest absolute Gasteiger partial charge is 0.233 e. The summed E-state index contributed by atoms with van der Waals surface area (Å²) in [6.45, 7) is 5.64. The van der Waals surface area contributed by atoms with Crippen LogP contribution in [0.5, 0.6) is 0 Å². The van der Waals surface area contributed by atoms with Gasteiger partial charge in [0.1, 0.15) is 11.0 Å². The molecule has 0 N–H and O–H groups in total. The lowest BCUT2D eigenvalue weighted by Gasteiger charge is -2.33. The zero-order chi connectivity index (χ0) is 16.9. The molecule has 2 fully saturated rings. The second-order valence-electron chi connectivity index (χ2n) is 6.35. The van der Waals surface area contributed by atoms with Crippen LogP contribution in [0, 0.1) is 0 Å². The van der Waals surface area contributed by atoms with Crippen LogP contribution in [0.15, 0.2) is 11.2 Å². The Morgan fingerprint density at radius 3 is 2.54 bits per heavy atom. The molecule has 6 nitrogen and oxygen atoms in total. The average Bonchev–Trinajstić information content (AvgIpc) is 2.60. The maximum absolute atomic E-state index is 12.3. The maximum Gasteiger partial charge on any atom is 0.233 e. The fourth-order valence-corrected chi connectivity index (χ4v) is 3.99. The third-order valence-corrected chi connectivity index (χ3v) is 5.55. The van der Waals surface area contributed by atoms with Gasteiger partial charge in [0.15, 0.2) is 5.16 Å². The number of halogens is 1. The molecule has 0 spiro atoms. The van der Waals surface area contributed by atoms with Crippen molar-refractivity contribution in [2.45, 2.75) is 24.4 Å². The molecule has 3 rings (SSSR count). The minimum Gasteiger partial charge on any atom is -0.354 e. The van der Waals surface area contributed by atoms with Crippen molar-refractivity contribution >= 4 is 35.1 Å². The highest BCUT2D eigenvalue weighted by Gasteiger charge is 2.19. The molecule has 132 valence electrons. The molecule has 0 saturated carbocycles. The van der Waals surface area contributed by atoms with E-state index in [1.807, 2.05) is 11.0 Å². The second-order valence-corrected chi connectivity index (χ2v) is 7.68. The summed E-state index contributed by atoms with van der Waals surface area (Å²) in [7, 11) is 2.12. The molecule has 1 aromatic rings. The summed E-state index contributed by atoms with van der Waals surface area (Å²) in [4.78, 5) is 27.6. The summed E-state index contributed by atoms with van der Waals surface area (Å²) >= 11 is 7.55. The van der Waals surface area contributed by atoms with Gasteiger partial charge in [0.05, 0.1) is 5.75 Å². The first kappa shape index (κ1) is 17.8. The SMILES string of the molecule is CN1CCN(c2cc(Cl)nc(SCC(=O)N3CCCCC3)n2)CC1. The number of thioether (sulfide) groups is 1. The van der Waals surface area contributed by atoms with Crippen molar-refractivity contribution in [3.8, 4) is 0 Å². The summed E-state index contributed by atoms with van der Waals surface area (Å²) in [5.74, 6) is 1.41. The van der Waals surface area contributed by atoms with E-state index in [9.17, 15) is 4.79 Å². The molecule has 24 heavy (non-hydrogen) atoms. The van der Waals surface area contributed by atoms with Gasteiger partial charge in [-0.1, -0.05) is 23.4 Å². The van der Waals surface area contributed by atoms with E-state index in [4.69, 9.17) is 11.6 Å². The Labute approximate surface area is 152 Å². The Balaban J connectivity index is 1.60. The van der Waals surface area contributed by atoms with Crippen molar-refractivity contribution < 1.29 is 4.79 Å². The summed E-state index contributed by atoms with van der Waals surface area (Å²) in [6, 6.07) is 1.81. The Bertz CT molecular complexity index is 574. The van der Waals surface area contributed by atoms with Crippen molar-refractivity contribution in [2.75, 3.05) is 57.0 Å². The number of aromatic nitrogens is 2. The summed E-state index contributed by atoms with van der Waals surface area (Å²) in [5, 5.41) is 1.02. The number of piperidine rings is 1. The number of amides is 1. The van der Waals surface area contributed by atoms with Gasteiger partial charge in [0.2, 0.25) is 5.91 Å². The molecule has 0 aliphatic carbocycles. The Hall–Kier alpha value is -1.05. The van der Waals surface area contributed by atoms with E-state index in [1.54, 1.807) is 0 Å². The fourth-order valence-electron chi connectivity index (χ4n) is 3.01. The van der Waals surface area contributed by atoms with E-state index >= 15 is 0 Å². The zero-order valence-electron chi connectivity index (χ0n) is 14.1. The third-order valence-electron chi connectivity index (χ3n) is 4.52. The fraction of sp³-hybridized carbons (Fsp3) is 0.688. The van der Waals surface area contributed by atoms with Crippen LogP contribution in [0.2, 0.25) is 5.15 Å². The number of likely N-dealkylation sites (N-methyl/N-ethyl adjacent to an activating group) is 1. The predicted molar refractivity (Wildman–Crippen MR) is 97.9 cm³/mol. The van der Waals surface area contributed by atoms with E-state index in [1.165, 1.54) is 18.2 Å². The van der Waals surface area contributed by atoms with E-state index in [2.05, 4.69) is 26.8 Å². The Morgan fingerprint density at radius 2 is 1.83 bits per heavy atom. The van der Waals surface area contributed by atoms with Crippen LogP contribution in [0.1, 0.15) is 19.3 Å². The van der Waals surface area contributed by atoms with Gasteiger partial charge in [0.25, 0.3) is 0 Å². The zero-order valence-corrected chi connectivity index (χ0v) is 15.7. The van der Waals surface area contributed by atoms with Gasteiger partial charge in [0, 0.05) is 45.3 Å². The molecule has 8 heteroatoms. The highest BCUT2D eigenvalue weighted by atomic mass is 35.5. The lowest BCUT2D eigenvalue weighted by atomic mass is 10.1. The molecule has 0 atom stereocenters. The number of carbonyl (C=O) groups excluding carboxylic acids is 1. The molecule has 1 aromatic heterocycles. The van der Waals surface area contributed by atoms with Crippen LogP contribution in [0.25, 0.3) is 0 Å². The van der Waals surface area contributed by atoms with E-state index in [0.717, 1.165) is 57.9 Å². The number of hydrogen-bond acceptors (Lipinski definition) is 6. The van der Waals surface area contributed by atoms with Crippen molar-refractivity contribution in [1.29, 1.82) is 0 Å². The normalized spacial score (nSPS) is 19.6. The number of hydrogen-bond donors (Lipinski definition) is 0. The van der Waals surface area contributed by atoms with Gasteiger partial charge in [-0.15, -0.1) is 0 Å². The average molecular weight is 370 g/mol. The molecule has 1 amide bonds. The van der Waals surface area contributed by atoms with Gasteiger partial charge >= 0.3 is 0 Å². The Morgan fingerprint density at radius 1 is 1.12 bits per heavy atom. The van der Waals surface area contributed by atoms with Crippen LogP contribution < -0.4 is 4.90 Å². The molecule has 2 aliphatic heterocycles. The number of carbonyl (C=O) groups is 1. The van der Waals surface area contributed by atoms with Crippen molar-refractivity contribution in [2.24, 2.45) is 0 Å².